The topological polar surface area (TPSA) is 0 Å². The van der Waals surface area contributed by atoms with Crippen LogP contribution in [0.3, 0.4) is 0 Å². The molecule has 2 fully saturated rings. The summed E-state index contributed by atoms with van der Waals surface area (Å²) in [6, 6.07) is 25.9. The number of halogens is 1. The van der Waals surface area contributed by atoms with Crippen molar-refractivity contribution in [2.24, 2.45) is 11.8 Å². The van der Waals surface area contributed by atoms with Crippen molar-refractivity contribution in [1.82, 2.24) is 0 Å². The van der Waals surface area contributed by atoms with Gasteiger partial charge in [-0.05, 0) is 49.6 Å². The Morgan fingerprint density at radius 3 is 1.52 bits per heavy atom. The van der Waals surface area contributed by atoms with Gasteiger partial charge in [-0.25, -0.2) is 0 Å². The van der Waals surface area contributed by atoms with Crippen LogP contribution in [0.25, 0.3) is 0 Å². The van der Waals surface area contributed by atoms with E-state index in [1.54, 1.807) is 10.4 Å². The van der Waals surface area contributed by atoms with Gasteiger partial charge >= 0.3 is 0 Å². The molecular weight excluding hydrogens is 384 g/mol. The number of rotatable bonds is 3. The lowest BCUT2D eigenvalue weighted by Gasteiger charge is -2.43. The molecule has 25 heavy (non-hydrogen) atoms. The van der Waals surface area contributed by atoms with Crippen LogP contribution in [0.1, 0.15) is 38.5 Å². The van der Waals surface area contributed by atoms with Crippen LogP contribution in [-0.2, 0) is 0 Å². The Hall–Kier alpha value is -0.863. The van der Waals surface area contributed by atoms with Gasteiger partial charge in [0.15, 0.2) is 0 Å². The van der Waals surface area contributed by atoms with Crippen LogP contribution in [0, 0.1) is 11.8 Å². The molecule has 1 aliphatic heterocycles. The third kappa shape index (κ3) is 3.66. The molecule has 1 saturated carbocycles. The molecule has 0 nitrogen and oxygen atoms in total. The number of hydrogen-bond donors (Lipinski definition) is 0. The first-order valence-corrected chi connectivity index (χ1v) is 13.4. The molecule has 2 aliphatic rings. The largest absolute Gasteiger partial charge is 0.118 e. The summed E-state index contributed by atoms with van der Waals surface area (Å²) in [6.45, 7) is 0. The van der Waals surface area contributed by atoms with Crippen LogP contribution in [0.15, 0.2) is 60.7 Å². The second kappa shape index (κ2) is 7.80. The lowest BCUT2D eigenvalue weighted by atomic mass is 9.77. The Labute approximate surface area is 162 Å². The minimum atomic E-state index is -1.56. The van der Waals surface area contributed by atoms with Crippen LogP contribution in [0.5, 0.6) is 0 Å². The van der Waals surface area contributed by atoms with Gasteiger partial charge in [0.05, 0.1) is 0 Å². The maximum Gasteiger partial charge on any atom is 0.118 e. The fourth-order valence-electron chi connectivity index (χ4n) is 5.41. The van der Waals surface area contributed by atoms with E-state index < -0.39 is 8.07 Å². The molecule has 0 amide bonds. The number of benzene rings is 2. The lowest BCUT2D eigenvalue weighted by Crippen LogP contribution is -2.60. The first-order valence-electron chi connectivity index (χ1n) is 10.0. The fourth-order valence-corrected chi connectivity index (χ4v) is 11.1. The molecule has 4 rings (SSSR count). The molecule has 1 aliphatic carbocycles. The van der Waals surface area contributed by atoms with Gasteiger partial charge in [-0.1, -0.05) is 99.8 Å². The van der Waals surface area contributed by atoms with Crippen molar-refractivity contribution in [3.8, 4) is 0 Å². The molecule has 2 aromatic rings. The van der Waals surface area contributed by atoms with E-state index in [9.17, 15) is 0 Å². The second-order valence-electron chi connectivity index (χ2n) is 8.16. The summed E-state index contributed by atoms with van der Waals surface area (Å²) in [5, 5.41) is 3.31. The van der Waals surface area contributed by atoms with Gasteiger partial charge in [0.1, 0.15) is 8.07 Å². The third-order valence-electron chi connectivity index (χ3n) is 6.90. The van der Waals surface area contributed by atoms with Gasteiger partial charge in [-0.2, -0.15) is 0 Å². The molecule has 0 N–H and O–H groups in total. The number of alkyl halides is 1. The van der Waals surface area contributed by atoms with E-state index in [-0.39, 0.29) is 0 Å². The summed E-state index contributed by atoms with van der Waals surface area (Å²) < 4.78 is 0. The Kier molecular flexibility index (Phi) is 5.47. The maximum absolute atomic E-state index is 3.83. The van der Waals surface area contributed by atoms with Crippen LogP contribution < -0.4 is 10.4 Å². The van der Waals surface area contributed by atoms with Gasteiger partial charge in [0.25, 0.3) is 0 Å². The van der Waals surface area contributed by atoms with Crippen molar-refractivity contribution >= 4 is 34.4 Å². The van der Waals surface area contributed by atoms with Crippen LogP contribution in [0.4, 0.5) is 0 Å². The van der Waals surface area contributed by atoms with Crippen LogP contribution in [0.2, 0.25) is 12.1 Å². The molecule has 0 spiro atoms. The monoisotopic (exact) mass is 412 g/mol. The van der Waals surface area contributed by atoms with Crippen LogP contribution >= 0.6 is 15.9 Å². The quantitative estimate of drug-likeness (QED) is 0.453. The van der Waals surface area contributed by atoms with Gasteiger partial charge in [0.2, 0.25) is 0 Å². The molecule has 1 saturated heterocycles. The highest BCUT2D eigenvalue weighted by Gasteiger charge is 2.42. The van der Waals surface area contributed by atoms with Crippen molar-refractivity contribution in [2.75, 3.05) is 0 Å². The molecule has 0 radical (unpaired) electrons. The van der Waals surface area contributed by atoms with E-state index in [2.05, 4.69) is 76.6 Å². The van der Waals surface area contributed by atoms with E-state index in [0.29, 0.717) is 0 Å². The highest BCUT2D eigenvalue weighted by molar-refractivity contribution is 9.09. The Balaban J connectivity index is 1.56. The van der Waals surface area contributed by atoms with Crippen molar-refractivity contribution in [3.05, 3.63) is 60.7 Å². The zero-order chi connectivity index (χ0) is 17.1. The average Bonchev–Trinajstić information content (AvgIpc) is 2.70. The Morgan fingerprint density at radius 2 is 1.04 bits per heavy atom. The summed E-state index contributed by atoms with van der Waals surface area (Å²) in [6.07, 6.45) is 8.58. The standard InChI is InChI=1S/C23H29BrSi/c24-21-13-11-19(12-14-21)20-15-17-25(18-16-20,22-7-3-1-4-8-22)23-9-5-2-6-10-23/h1-10,19-21H,11-18H2. The van der Waals surface area contributed by atoms with Gasteiger partial charge in [-0.15, -0.1) is 0 Å². The first-order chi connectivity index (χ1) is 12.3. The predicted octanol–water partition coefficient (Wildman–Crippen LogP) is 5.61. The zero-order valence-electron chi connectivity index (χ0n) is 15.0. The molecule has 0 atom stereocenters. The molecule has 2 aromatic carbocycles. The van der Waals surface area contributed by atoms with Gasteiger partial charge in [0, 0.05) is 4.83 Å². The summed E-state index contributed by atoms with van der Waals surface area (Å²) in [5.74, 6) is 1.97. The Bertz CT molecular complexity index is 612. The Morgan fingerprint density at radius 1 is 0.600 bits per heavy atom. The SMILES string of the molecule is BrC1CCC(C2CC[Si](c3ccccc3)(c3ccccc3)CC2)CC1. The van der Waals surface area contributed by atoms with Crippen molar-refractivity contribution in [3.63, 3.8) is 0 Å². The van der Waals surface area contributed by atoms with Crippen molar-refractivity contribution in [1.29, 1.82) is 0 Å². The average molecular weight is 413 g/mol. The minimum Gasteiger partial charge on any atom is -0.0891 e. The molecule has 132 valence electrons. The molecule has 0 unspecified atom stereocenters. The fraction of sp³-hybridized carbons (Fsp3) is 0.478. The highest BCUT2D eigenvalue weighted by atomic mass is 79.9. The van der Waals surface area contributed by atoms with E-state index in [0.717, 1.165) is 16.7 Å². The third-order valence-corrected chi connectivity index (χ3v) is 13.0. The summed E-state index contributed by atoms with van der Waals surface area (Å²) in [4.78, 5) is 0.787. The molecule has 0 bridgehead atoms. The molecule has 1 heterocycles. The normalized spacial score (nSPS) is 27.1. The summed E-state index contributed by atoms with van der Waals surface area (Å²) >= 11 is 3.83. The van der Waals surface area contributed by atoms with Crippen molar-refractivity contribution in [2.45, 2.75) is 55.4 Å². The zero-order valence-corrected chi connectivity index (χ0v) is 17.6. The smallest absolute Gasteiger partial charge is 0.0891 e. The van der Waals surface area contributed by atoms with E-state index in [4.69, 9.17) is 0 Å². The second-order valence-corrected chi connectivity index (χ2v) is 13.8. The molecule has 0 aromatic heterocycles. The van der Waals surface area contributed by atoms with E-state index in [1.165, 1.54) is 50.6 Å². The maximum atomic E-state index is 3.83. The van der Waals surface area contributed by atoms with E-state index >= 15 is 0 Å². The van der Waals surface area contributed by atoms with Crippen LogP contribution in [-0.4, -0.2) is 12.9 Å². The highest BCUT2D eigenvalue weighted by Crippen LogP contribution is 2.42. The van der Waals surface area contributed by atoms with E-state index in [1.807, 2.05) is 0 Å². The van der Waals surface area contributed by atoms with Gasteiger partial charge < -0.3 is 0 Å². The van der Waals surface area contributed by atoms with Crippen molar-refractivity contribution < 1.29 is 0 Å². The summed E-state index contributed by atoms with van der Waals surface area (Å²) in [5.41, 5.74) is 0. The number of hydrogen-bond acceptors (Lipinski definition) is 0. The first kappa shape index (κ1) is 17.5. The molecular formula is C23H29BrSi. The van der Waals surface area contributed by atoms with Gasteiger partial charge in [-0.3, -0.25) is 0 Å². The molecule has 2 heteroatoms. The lowest BCUT2D eigenvalue weighted by molar-refractivity contribution is 0.234. The minimum absolute atomic E-state index is 0.787. The summed E-state index contributed by atoms with van der Waals surface area (Å²) in [7, 11) is -1.56. The predicted molar refractivity (Wildman–Crippen MR) is 115 cm³/mol.